The number of imidazole rings is 1. The molecule has 0 saturated heterocycles. The highest BCUT2D eigenvalue weighted by Crippen LogP contribution is 2.24. The number of carboxylic acid groups (broad SMARTS) is 1. The first-order chi connectivity index (χ1) is 8.65. The zero-order valence-electron chi connectivity index (χ0n) is 9.02. The van der Waals surface area contributed by atoms with Crippen molar-refractivity contribution in [3.8, 4) is 11.3 Å². The molecule has 0 spiro atoms. The van der Waals surface area contributed by atoms with Crippen LogP contribution in [0.5, 0.6) is 0 Å². The van der Waals surface area contributed by atoms with Crippen LogP contribution in [0.2, 0.25) is 0 Å². The number of hydrogen-bond acceptors (Lipinski definition) is 3. The molecule has 0 bridgehead atoms. The van der Waals surface area contributed by atoms with Gasteiger partial charge in [-0.2, -0.15) is 5.10 Å². The number of nitrogens with one attached hydrogen (secondary N) is 3. The molecular weight excluding hydrogens is 236 g/mol. The maximum Gasteiger partial charge on any atom is 0.353 e. The van der Waals surface area contributed by atoms with E-state index in [1.54, 1.807) is 18.2 Å². The van der Waals surface area contributed by atoms with Crippen LogP contribution in [0, 0.1) is 0 Å². The zero-order valence-corrected chi connectivity index (χ0v) is 9.02. The minimum atomic E-state index is -1.08. The number of nitrogens with zero attached hydrogens (tertiary/aromatic N) is 1. The van der Waals surface area contributed by atoms with Crippen molar-refractivity contribution < 1.29 is 9.90 Å². The molecule has 0 saturated carbocycles. The van der Waals surface area contributed by atoms with Crippen LogP contribution >= 0.6 is 0 Å². The SMILES string of the molecule is O=C(O)c1cc(-c2cccc3[nH]c(=O)[nH]c23)n[nH]1. The van der Waals surface area contributed by atoms with Gasteiger partial charge in [-0.05, 0) is 12.1 Å². The Morgan fingerprint density at radius 2 is 2.11 bits per heavy atom. The molecule has 3 aromatic rings. The second-order valence-electron chi connectivity index (χ2n) is 3.78. The van der Waals surface area contributed by atoms with Crippen LogP contribution in [0.1, 0.15) is 10.5 Å². The number of benzene rings is 1. The van der Waals surface area contributed by atoms with E-state index in [1.807, 2.05) is 0 Å². The van der Waals surface area contributed by atoms with Gasteiger partial charge in [0.15, 0.2) is 0 Å². The van der Waals surface area contributed by atoms with Gasteiger partial charge in [0.05, 0.1) is 16.7 Å². The molecule has 0 fully saturated rings. The first kappa shape index (κ1) is 10.3. The number of hydrogen-bond donors (Lipinski definition) is 4. The van der Waals surface area contributed by atoms with E-state index in [1.165, 1.54) is 6.07 Å². The Kier molecular flexibility index (Phi) is 2.06. The number of H-pyrrole nitrogens is 3. The second kappa shape index (κ2) is 3.59. The molecule has 0 aliphatic carbocycles. The molecular formula is C11H8N4O3. The van der Waals surface area contributed by atoms with Crippen LogP contribution in [-0.2, 0) is 0 Å². The van der Waals surface area contributed by atoms with Crippen molar-refractivity contribution >= 4 is 17.0 Å². The Morgan fingerprint density at radius 3 is 2.83 bits per heavy atom. The number of aromatic amines is 3. The number of fused-ring (bicyclic) bond motifs is 1. The molecule has 3 rings (SSSR count). The maximum atomic E-state index is 11.3. The molecule has 2 aromatic heterocycles. The third-order valence-electron chi connectivity index (χ3n) is 2.64. The first-order valence-corrected chi connectivity index (χ1v) is 5.15. The molecule has 90 valence electrons. The van der Waals surface area contributed by atoms with Gasteiger partial charge in [0.25, 0.3) is 0 Å². The topological polar surface area (TPSA) is 115 Å². The Bertz CT molecular complexity index is 796. The van der Waals surface area contributed by atoms with Crippen molar-refractivity contribution in [1.29, 1.82) is 0 Å². The predicted molar refractivity (Wildman–Crippen MR) is 63.5 cm³/mol. The van der Waals surface area contributed by atoms with Gasteiger partial charge in [0.2, 0.25) is 0 Å². The summed E-state index contributed by atoms with van der Waals surface area (Å²) in [7, 11) is 0. The molecule has 1 aromatic carbocycles. The fourth-order valence-corrected chi connectivity index (χ4v) is 1.84. The lowest BCUT2D eigenvalue weighted by Gasteiger charge is -1.97. The number of carbonyl (C=O) groups is 1. The van der Waals surface area contributed by atoms with Gasteiger partial charge in [-0.1, -0.05) is 12.1 Å². The predicted octanol–water partition coefficient (Wildman–Crippen LogP) is 0.944. The van der Waals surface area contributed by atoms with E-state index in [9.17, 15) is 9.59 Å². The molecule has 0 radical (unpaired) electrons. The lowest BCUT2D eigenvalue weighted by molar-refractivity contribution is 0.0690. The molecule has 2 heterocycles. The molecule has 7 nitrogen and oxygen atoms in total. The van der Waals surface area contributed by atoms with E-state index in [4.69, 9.17) is 5.11 Å². The van der Waals surface area contributed by atoms with Crippen molar-refractivity contribution in [2.75, 3.05) is 0 Å². The lowest BCUT2D eigenvalue weighted by Crippen LogP contribution is -1.99. The Labute approximate surface area is 99.5 Å². The molecule has 0 aliphatic rings. The molecule has 0 amide bonds. The van der Waals surface area contributed by atoms with Gasteiger partial charge in [0.1, 0.15) is 5.69 Å². The molecule has 0 atom stereocenters. The molecule has 4 N–H and O–H groups in total. The van der Waals surface area contributed by atoms with Gasteiger partial charge in [-0.15, -0.1) is 0 Å². The monoisotopic (exact) mass is 244 g/mol. The fourth-order valence-electron chi connectivity index (χ4n) is 1.84. The molecule has 18 heavy (non-hydrogen) atoms. The van der Waals surface area contributed by atoms with Crippen molar-refractivity contribution in [3.05, 3.63) is 40.4 Å². The highest BCUT2D eigenvalue weighted by atomic mass is 16.4. The maximum absolute atomic E-state index is 11.3. The van der Waals surface area contributed by atoms with Crippen LogP contribution in [0.4, 0.5) is 0 Å². The van der Waals surface area contributed by atoms with Crippen LogP contribution < -0.4 is 5.69 Å². The Balaban J connectivity index is 2.24. The van der Waals surface area contributed by atoms with Gasteiger partial charge >= 0.3 is 11.7 Å². The second-order valence-corrected chi connectivity index (χ2v) is 3.78. The van der Waals surface area contributed by atoms with E-state index in [-0.39, 0.29) is 11.4 Å². The largest absolute Gasteiger partial charge is 0.477 e. The minimum Gasteiger partial charge on any atom is -0.477 e. The first-order valence-electron chi connectivity index (χ1n) is 5.15. The third kappa shape index (κ3) is 1.49. The van der Waals surface area contributed by atoms with Crippen molar-refractivity contribution in [3.63, 3.8) is 0 Å². The molecule has 0 aliphatic heterocycles. The van der Waals surface area contributed by atoms with Gasteiger partial charge in [-0.3, -0.25) is 5.10 Å². The molecule has 7 heteroatoms. The lowest BCUT2D eigenvalue weighted by atomic mass is 10.1. The average Bonchev–Trinajstić information content (AvgIpc) is 2.92. The normalized spacial score (nSPS) is 10.9. The summed E-state index contributed by atoms with van der Waals surface area (Å²) in [5.41, 5.74) is 2.07. The van der Waals surface area contributed by atoms with Crippen LogP contribution in [0.3, 0.4) is 0 Å². The minimum absolute atomic E-state index is 0.000106. The highest BCUT2D eigenvalue weighted by Gasteiger charge is 2.12. The quantitative estimate of drug-likeness (QED) is 0.537. The van der Waals surface area contributed by atoms with E-state index < -0.39 is 5.97 Å². The number of rotatable bonds is 2. The smallest absolute Gasteiger partial charge is 0.353 e. The van der Waals surface area contributed by atoms with Crippen LogP contribution in [0.15, 0.2) is 29.1 Å². The summed E-state index contributed by atoms with van der Waals surface area (Å²) < 4.78 is 0. The Morgan fingerprint density at radius 1 is 1.28 bits per heavy atom. The number of para-hydroxylation sites is 1. The number of carboxylic acids is 1. The van der Waals surface area contributed by atoms with Gasteiger partial charge in [0, 0.05) is 5.56 Å². The summed E-state index contributed by atoms with van der Waals surface area (Å²) in [5, 5.41) is 15.2. The summed E-state index contributed by atoms with van der Waals surface area (Å²) in [5.74, 6) is -1.08. The summed E-state index contributed by atoms with van der Waals surface area (Å²) in [6.45, 7) is 0. The average molecular weight is 244 g/mol. The van der Waals surface area contributed by atoms with E-state index in [0.717, 1.165) is 0 Å². The number of aromatic carboxylic acids is 1. The van der Waals surface area contributed by atoms with E-state index in [0.29, 0.717) is 22.3 Å². The van der Waals surface area contributed by atoms with Gasteiger partial charge in [-0.25, -0.2) is 9.59 Å². The number of aromatic nitrogens is 4. The van der Waals surface area contributed by atoms with E-state index in [2.05, 4.69) is 20.2 Å². The molecule has 0 unspecified atom stereocenters. The van der Waals surface area contributed by atoms with Crippen molar-refractivity contribution in [1.82, 2.24) is 20.2 Å². The zero-order chi connectivity index (χ0) is 12.7. The Hall–Kier alpha value is -2.83. The van der Waals surface area contributed by atoms with Crippen molar-refractivity contribution in [2.45, 2.75) is 0 Å². The summed E-state index contributed by atoms with van der Waals surface area (Å²) >= 11 is 0. The van der Waals surface area contributed by atoms with Crippen LogP contribution in [-0.4, -0.2) is 31.2 Å². The standard InChI is InChI=1S/C11H8N4O3/c16-10(17)8-4-7(14-15-8)5-2-1-3-6-9(5)13-11(18)12-6/h1-4H,(H,14,15)(H,16,17)(H2,12,13,18). The van der Waals surface area contributed by atoms with Crippen LogP contribution in [0.25, 0.3) is 22.3 Å². The van der Waals surface area contributed by atoms with Crippen molar-refractivity contribution in [2.24, 2.45) is 0 Å². The highest BCUT2D eigenvalue weighted by molar-refractivity contribution is 5.93. The van der Waals surface area contributed by atoms with Gasteiger partial charge < -0.3 is 15.1 Å². The van der Waals surface area contributed by atoms with E-state index >= 15 is 0 Å². The summed E-state index contributed by atoms with van der Waals surface area (Å²) in [4.78, 5) is 27.3. The fraction of sp³-hybridized carbons (Fsp3) is 0. The summed E-state index contributed by atoms with van der Waals surface area (Å²) in [6, 6.07) is 6.69. The summed E-state index contributed by atoms with van der Waals surface area (Å²) in [6.07, 6.45) is 0. The third-order valence-corrected chi connectivity index (χ3v) is 2.64.